The van der Waals surface area contributed by atoms with Gasteiger partial charge in [-0.1, -0.05) is 19.9 Å². The molecular formula is C10H14O4. The lowest BCUT2D eigenvalue weighted by Crippen LogP contribution is -2.48. The maximum Gasteiger partial charge on any atom is 0.348 e. The van der Waals surface area contributed by atoms with Crippen molar-refractivity contribution >= 4 is 11.9 Å². The number of carboxylic acids is 1. The minimum absolute atomic E-state index is 0.298. The molecule has 1 rings (SSSR count). The van der Waals surface area contributed by atoms with E-state index >= 15 is 0 Å². The lowest BCUT2D eigenvalue weighted by Gasteiger charge is -2.33. The van der Waals surface area contributed by atoms with Crippen molar-refractivity contribution in [3.63, 3.8) is 0 Å². The number of hydrogen-bond acceptors (Lipinski definition) is 3. The van der Waals surface area contributed by atoms with E-state index in [1.807, 2.05) is 6.92 Å². The number of carbonyl (C=O) groups excluding carboxylic acids is 1. The van der Waals surface area contributed by atoms with Crippen LogP contribution in [0.2, 0.25) is 0 Å². The van der Waals surface area contributed by atoms with Crippen molar-refractivity contribution in [1.82, 2.24) is 0 Å². The van der Waals surface area contributed by atoms with E-state index in [2.05, 4.69) is 0 Å². The van der Waals surface area contributed by atoms with Gasteiger partial charge in [-0.3, -0.25) is 0 Å². The van der Waals surface area contributed by atoms with Gasteiger partial charge in [0.2, 0.25) is 5.60 Å². The topological polar surface area (TPSA) is 63.6 Å². The quantitative estimate of drug-likeness (QED) is 0.680. The Balaban J connectivity index is 3.05. The van der Waals surface area contributed by atoms with Crippen molar-refractivity contribution in [2.75, 3.05) is 0 Å². The molecule has 0 saturated heterocycles. The van der Waals surface area contributed by atoms with Crippen LogP contribution in [-0.2, 0) is 14.3 Å². The predicted molar refractivity (Wildman–Crippen MR) is 49.7 cm³/mol. The summed E-state index contributed by atoms with van der Waals surface area (Å²) in [6, 6.07) is 0. The van der Waals surface area contributed by atoms with Gasteiger partial charge >= 0.3 is 11.9 Å². The van der Waals surface area contributed by atoms with Gasteiger partial charge in [0.05, 0.1) is 0 Å². The lowest BCUT2D eigenvalue weighted by molar-refractivity contribution is -0.180. The van der Waals surface area contributed by atoms with Crippen LogP contribution in [0, 0.1) is 5.92 Å². The number of carbonyl (C=O) groups is 2. The molecule has 4 nitrogen and oxygen atoms in total. The third-order valence-electron chi connectivity index (χ3n) is 2.69. The first kappa shape index (κ1) is 10.8. The standard InChI is InChI=1S/C10H14O4/c1-4-7-5-6(2)10(3,9(12)13)14-8(7)11/h5-6H,4H2,1-3H3,(H,12,13)/t6-,10-/m1/s1. The number of hydrogen-bond donors (Lipinski definition) is 1. The first-order chi connectivity index (χ1) is 6.41. The summed E-state index contributed by atoms with van der Waals surface area (Å²) in [6.07, 6.45) is 2.25. The first-order valence-corrected chi connectivity index (χ1v) is 4.59. The summed E-state index contributed by atoms with van der Waals surface area (Å²) in [4.78, 5) is 22.3. The molecule has 0 spiro atoms. The molecule has 14 heavy (non-hydrogen) atoms. The highest BCUT2D eigenvalue weighted by atomic mass is 16.6. The molecular weight excluding hydrogens is 184 g/mol. The van der Waals surface area contributed by atoms with E-state index in [4.69, 9.17) is 9.84 Å². The monoisotopic (exact) mass is 198 g/mol. The Morgan fingerprint density at radius 1 is 1.71 bits per heavy atom. The Hall–Kier alpha value is -1.32. The Kier molecular flexibility index (Phi) is 2.64. The fourth-order valence-corrected chi connectivity index (χ4v) is 1.38. The van der Waals surface area contributed by atoms with E-state index in [-0.39, 0.29) is 5.92 Å². The molecule has 1 N–H and O–H groups in total. The number of ether oxygens (including phenoxy) is 1. The molecule has 1 aliphatic heterocycles. The van der Waals surface area contributed by atoms with Crippen molar-refractivity contribution in [2.24, 2.45) is 5.92 Å². The van der Waals surface area contributed by atoms with Gasteiger partial charge in [0.1, 0.15) is 0 Å². The number of cyclic esters (lactones) is 1. The number of aliphatic carboxylic acids is 1. The number of rotatable bonds is 2. The molecule has 1 heterocycles. The minimum Gasteiger partial charge on any atom is -0.478 e. The summed E-state index contributed by atoms with van der Waals surface area (Å²) in [5.74, 6) is -1.92. The molecule has 1 aliphatic rings. The van der Waals surface area contributed by atoms with Gasteiger partial charge < -0.3 is 9.84 Å². The van der Waals surface area contributed by atoms with Crippen molar-refractivity contribution in [1.29, 1.82) is 0 Å². The van der Waals surface area contributed by atoms with Gasteiger partial charge in [-0.2, -0.15) is 0 Å². The van der Waals surface area contributed by atoms with Gasteiger partial charge in [0, 0.05) is 11.5 Å². The Labute approximate surface area is 82.6 Å². The maximum absolute atomic E-state index is 11.3. The number of esters is 1. The van der Waals surface area contributed by atoms with E-state index in [9.17, 15) is 9.59 Å². The molecule has 0 fully saturated rings. The molecule has 0 saturated carbocycles. The average molecular weight is 198 g/mol. The highest BCUT2D eigenvalue weighted by Gasteiger charge is 2.45. The third kappa shape index (κ3) is 1.52. The minimum atomic E-state index is -1.42. The van der Waals surface area contributed by atoms with Crippen molar-refractivity contribution in [3.8, 4) is 0 Å². The Morgan fingerprint density at radius 3 is 2.71 bits per heavy atom. The summed E-state index contributed by atoms with van der Waals surface area (Å²) in [7, 11) is 0. The van der Waals surface area contributed by atoms with Crippen LogP contribution in [0.3, 0.4) is 0 Å². The van der Waals surface area contributed by atoms with Crippen LogP contribution in [0.4, 0.5) is 0 Å². The van der Waals surface area contributed by atoms with Crippen molar-refractivity contribution in [3.05, 3.63) is 11.6 Å². The van der Waals surface area contributed by atoms with Crippen LogP contribution >= 0.6 is 0 Å². The van der Waals surface area contributed by atoms with E-state index in [1.54, 1.807) is 13.0 Å². The fourth-order valence-electron chi connectivity index (χ4n) is 1.38. The second kappa shape index (κ2) is 3.44. The van der Waals surface area contributed by atoms with Crippen molar-refractivity contribution in [2.45, 2.75) is 32.8 Å². The summed E-state index contributed by atoms with van der Waals surface area (Å²) in [5.41, 5.74) is -0.869. The van der Waals surface area contributed by atoms with E-state index in [0.29, 0.717) is 12.0 Å². The van der Waals surface area contributed by atoms with Crippen molar-refractivity contribution < 1.29 is 19.4 Å². The molecule has 0 unspecified atom stereocenters. The van der Waals surface area contributed by atoms with E-state index < -0.39 is 17.5 Å². The predicted octanol–water partition coefficient (Wildman–Crippen LogP) is 1.36. The normalized spacial score (nSPS) is 32.1. The average Bonchev–Trinajstić information content (AvgIpc) is 2.11. The summed E-state index contributed by atoms with van der Waals surface area (Å²) >= 11 is 0. The van der Waals surface area contributed by atoms with Gasteiger partial charge in [-0.15, -0.1) is 0 Å². The van der Waals surface area contributed by atoms with Crippen LogP contribution < -0.4 is 0 Å². The Bertz CT molecular complexity index is 305. The SMILES string of the molecule is CCC1=C[C@@H](C)[C@](C)(C(=O)O)OC1=O. The smallest absolute Gasteiger partial charge is 0.348 e. The second-order valence-electron chi connectivity index (χ2n) is 3.64. The molecule has 0 aromatic rings. The zero-order chi connectivity index (χ0) is 10.9. The molecule has 0 aromatic carbocycles. The molecule has 0 aliphatic carbocycles. The van der Waals surface area contributed by atoms with Gasteiger partial charge in [-0.05, 0) is 13.3 Å². The summed E-state index contributed by atoms with van der Waals surface area (Å²) in [5, 5.41) is 8.94. The van der Waals surface area contributed by atoms with Gasteiger partial charge in [0.25, 0.3) is 0 Å². The fraction of sp³-hybridized carbons (Fsp3) is 0.600. The molecule has 0 amide bonds. The molecule has 2 atom stereocenters. The van der Waals surface area contributed by atoms with Crippen LogP contribution in [0.5, 0.6) is 0 Å². The highest BCUT2D eigenvalue weighted by molar-refractivity contribution is 5.93. The second-order valence-corrected chi connectivity index (χ2v) is 3.64. The van der Waals surface area contributed by atoms with Crippen LogP contribution in [0.25, 0.3) is 0 Å². The molecule has 0 aromatic heterocycles. The molecule has 0 radical (unpaired) electrons. The summed E-state index contributed by atoms with van der Waals surface area (Å²) in [6.45, 7) is 4.99. The summed E-state index contributed by atoms with van der Waals surface area (Å²) < 4.78 is 4.94. The van der Waals surface area contributed by atoms with Gasteiger partial charge in [0.15, 0.2) is 0 Å². The zero-order valence-electron chi connectivity index (χ0n) is 8.53. The maximum atomic E-state index is 11.3. The zero-order valence-corrected chi connectivity index (χ0v) is 8.53. The van der Waals surface area contributed by atoms with Crippen LogP contribution in [0.1, 0.15) is 27.2 Å². The number of carboxylic acid groups (broad SMARTS) is 1. The third-order valence-corrected chi connectivity index (χ3v) is 2.69. The largest absolute Gasteiger partial charge is 0.478 e. The molecule has 0 bridgehead atoms. The van der Waals surface area contributed by atoms with Crippen LogP contribution in [-0.4, -0.2) is 22.6 Å². The Morgan fingerprint density at radius 2 is 2.29 bits per heavy atom. The van der Waals surface area contributed by atoms with E-state index in [0.717, 1.165) is 0 Å². The highest BCUT2D eigenvalue weighted by Crippen LogP contribution is 2.31. The van der Waals surface area contributed by atoms with Gasteiger partial charge in [-0.25, -0.2) is 9.59 Å². The lowest BCUT2D eigenvalue weighted by atomic mass is 9.86. The van der Waals surface area contributed by atoms with E-state index in [1.165, 1.54) is 6.92 Å². The molecule has 4 heteroatoms. The molecule has 78 valence electrons. The van der Waals surface area contributed by atoms with Crippen LogP contribution in [0.15, 0.2) is 11.6 Å². The first-order valence-electron chi connectivity index (χ1n) is 4.59.